The molecule has 0 radical (unpaired) electrons. The van der Waals surface area contributed by atoms with Gasteiger partial charge >= 0.3 is 5.97 Å². The van der Waals surface area contributed by atoms with Crippen molar-refractivity contribution in [3.8, 4) is 11.5 Å². The summed E-state index contributed by atoms with van der Waals surface area (Å²) >= 11 is 0. The summed E-state index contributed by atoms with van der Waals surface area (Å²) in [5, 5.41) is 9.35. The number of benzene rings is 1. The van der Waals surface area contributed by atoms with Gasteiger partial charge in [0.25, 0.3) is 0 Å². The molecule has 1 unspecified atom stereocenters. The lowest BCUT2D eigenvalue weighted by atomic mass is 9.98. The van der Waals surface area contributed by atoms with E-state index < -0.39 is 17.6 Å². The highest BCUT2D eigenvalue weighted by Gasteiger charge is 2.38. The summed E-state index contributed by atoms with van der Waals surface area (Å²) in [5.74, 6) is -1.99. The highest BCUT2D eigenvalue weighted by molar-refractivity contribution is 5.90. The van der Waals surface area contributed by atoms with E-state index in [0.717, 1.165) is 37.7 Å². The molecule has 1 aromatic rings. The second-order valence-corrected chi connectivity index (χ2v) is 8.97. The molecule has 0 spiro atoms. The van der Waals surface area contributed by atoms with Crippen molar-refractivity contribution in [3.63, 3.8) is 0 Å². The Labute approximate surface area is 226 Å². The van der Waals surface area contributed by atoms with Crippen molar-refractivity contribution in [2.24, 2.45) is 0 Å². The van der Waals surface area contributed by atoms with Gasteiger partial charge in [0.1, 0.15) is 0 Å². The van der Waals surface area contributed by atoms with E-state index in [4.69, 9.17) is 23.7 Å². The Kier molecular flexibility index (Phi) is 13.9. The molecule has 0 saturated carbocycles. The lowest BCUT2D eigenvalue weighted by Crippen LogP contribution is -2.38. The molecule has 0 amide bonds. The Morgan fingerprint density at radius 3 is 2.39 bits per heavy atom. The molecule has 2 rings (SSSR count). The maximum Gasteiger partial charge on any atom is 0.371 e. The van der Waals surface area contributed by atoms with E-state index in [2.05, 4.69) is 13.8 Å². The summed E-state index contributed by atoms with van der Waals surface area (Å²) in [7, 11) is 0. The van der Waals surface area contributed by atoms with Crippen LogP contribution < -0.4 is 9.47 Å². The number of allylic oxidation sites excluding steroid dienone is 1. The van der Waals surface area contributed by atoms with Gasteiger partial charge < -0.3 is 28.8 Å². The van der Waals surface area contributed by atoms with Gasteiger partial charge in [-0.1, -0.05) is 45.3 Å². The third kappa shape index (κ3) is 9.80. The Bertz CT molecular complexity index is 969. The van der Waals surface area contributed by atoms with Crippen LogP contribution in [0.1, 0.15) is 78.2 Å². The van der Waals surface area contributed by atoms with Gasteiger partial charge in [0, 0.05) is 19.4 Å². The van der Waals surface area contributed by atoms with Crippen molar-refractivity contribution >= 4 is 12.0 Å². The van der Waals surface area contributed by atoms with Crippen LogP contribution in [0.25, 0.3) is 6.08 Å². The first kappa shape index (κ1) is 31.4. The number of unbranched alkanes of at least 4 members (excludes halogenated alkanes) is 3. The molecule has 1 aliphatic rings. The molecule has 0 aromatic heterocycles. The minimum atomic E-state index is -1.34. The summed E-state index contributed by atoms with van der Waals surface area (Å²) in [6.45, 7) is 9.62. The van der Waals surface area contributed by atoms with Crippen LogP contribution in [0.15, 0.2) is 47.5 Å². The average Bonchev–Trinajstić information content (AvgIpc) is 2.89. The van der Waals surface area contributed by atoms with Gasteiger partial charge in [-0.2, -0.15) is 0 Å². The van der Waals surface area contributed by atoms with Gasteiger partial charge in [-0.3, -0.25) is 0 Å². The minimum Gasteiger partial charge on any atom is -0.490 e. The van der Waals surface area contributed by atoms with Crippen LogP contribution in [0.3, 0.4) is 0 Å². The molecule has 0 aliphatic heterocycles. The van der Waals surface area contributed by atoms with E-state index in [-0.39, 0.29) is 12.4 Å². The fraction of sp³-hybridized carbons (Fsp3) is 0.567. The lowest BCUT2D eigenvalue weighted by Gasteiger charge is -2.33. The Hall–Kier alpha value is -2.84. The Balaban J connectivity index is 2.07. The third-order valence-electron chi connectivity index (χ3n) is 5.95. The van der Waals surface area contributed by atoms with Crippen LogP contribution in [-0.2, 0) is 19.0 Å². The average molecular weight is 535 g/mol. The number of rotatable bonds is 19. The van der Waals surface area contributed by atoms with Crippen LogP contribution in [0, 0.1) is 0 Å². The van der Waals surface area contributed by atoms with Gasteiger partial charge in [0.15, 0.2) is 17.3 Å². The van der Waals surface area contributed by atoms with E-state index in [0.29, 0.717) is 56.3 Å². The molecule has 7 nitrogen and oxygen atoms in total. The number of carbonyl (C=O) groups is 1. The van der Waals surface area contributed by atoms with Gasteiger partial charge in [-0.05, 0) is 62.1 Å². The highest BCUT2D eigenvalue weighted by Crippen LogP contribution is 2.36. The predicted octanol–water partition coefficient (Wildman–Crippen LogP) is 7.22. The first-order chi connectivity index (χ1) is 18.4. The minimum absolute atomic E-state index is 0.142. The van der Waals surface area contributed by atoms with Crippen molar-refractivity contribution < 1.29 is 38.0 Å². The molecule has 1 N–H and O–H groups in total. The van der Waals surface area contributed by atoms with Crippen molar-refractivity contribution in [3.05, 3.63) is 53.1 Å². The standard InChI is InChI=1S/C30H43FO7/c1-5-9-11-18-38-30(37-8-4)16-14-23(22-28(30)31)15-19-36-25-13-12-24(20-26(25)35-17-10-6-2)21-27(29(32)33)34-7-3/h12-14,20-22H,5-11,15-19H2,1-4H3,(H,32,33)/b27-21-. The second kappa shape index (κ2) is 16.9. The summed E-state index contributed by atoms with van der Waals surface area (Å²) in [6, 6.07) is 5.23. The molecule has 0 saturated heterocycles. The van der Waals surface area contributed by atoms with Crippen LogP contribution in [0.4, 0.5) is 4.39 Å². The number of hydrogen-bond acceptors (Lipinski definition) is 6. The molecular formula is C30H43FO7. The largest absolute Gasteiger partial charge is 0.490 e. The summed E-state index contributed by atoms with van der Waals surface area (Å²) in [6.07, 6.45) is 10.5. The molecular weight excluding hydrogens is 491 g/mol. The molecule has 38 heavy (non-hydrogen) atoms. The van der Waals surface area contributed by atoms with Crippen molar-refractivity contribution in [1.29, 1.82) is 0 Å². The number of carboxylic acid groups (broad SMARTS) is 1. The number of carboxylic acids is 1. The fourth-order valence-electron chi connectivity index (χ4n) is 3.91. The monoisotopic (exact) mass is 534 g/mol. The predicted molar refractivity (Wildman–Crippen MR) is 146 cm³/mol. The summed E-state index contributed by atoms with van der Waals surface area (Å²) in [5.41, 5.74) is 1.44. The molecule has 1 atom stereocenters. The van der Waals surface area contributed by atoms with Crippen molar-refractivity contribution in [1.82, 2.24) is 0 Å². The highest BCUT2D eigenvalue weighted by atomic mass is 19.1. The molecule has 212 valence electrons. The summed E-state index contributed by atoms with van der Waals surface area (Å²) in [4.78, 5) is 11.4. The molecule has 1 aromatic carbocycles. The van der Waals surface area contributed by atoms with E-state index in [9.17, 15) is 9.90 Å². The first-order valence-corrected chi connectivity index (χ1v) is 13.7. The maximum absolute atomic E-state index is 15.1. The topological polar surface area (TPSA) is 83.5 Å². The van der Waals surface area contributed by atoms with Crippen LogP contribution >= 0.6 is 0 Å². The number of hydrogen-bond donors (Lipinski definition) is 1. The number of ether oxygens (including phenoxy) is 5. The second-order valence-electron chi connectivity index (χ2n) is 8.97. The lowest BCUT2D eigenvalue weighted by molar-refractivity contribution is -0.218. The SMILES string of the molecule is CCCCCOC1(OCC)CC=C(CCOc2ccc(/C=C(\OCC)C(=O)O)cc2OCCCC)C=C1F. The van der Waals surface area contributed by atoms with E-state index >= 15 is 4.39 Å². The van der Waals surface area contributed by atoms with Gasteiger partial charge in [0.05, 0.1) is 26.4 Å². The zero-order valence-electron chi connectivity index (χ0n) is 23.2. The maximum atomic E-state index is 15.1. The third-order valence-corrected chi connectivity index (χ3v) is 5.95. The van der Waals surface area contributed by atoms with Gasteiger partial charge in [-0.25, -0.2) is 9.18 Å². The molecule has 8 heteroatoms. The first-order valence-electron chi connectivity index (χ1n) is 13.7. The molecule has 0 bridgehead atoms. The Morgan fingerprint density at radius 2 is 1.74 bits per heavy atom. The van der Waals surface area contributed by atoms with E-state index in [1.165, 1.54) is 12.2 Å². The fourth-order valence-corrected chi connectivity index (χ4v) is 3.91. The van der Waals surface area contributed by atoms with Crippen molar-refractivity contribution in [2.75, 3.05) is 33.0 Å². The van der Waals surface area contributed by atoms with E-state index in [1.807, 2.05) is 13.0 Å². The molecule has 0 heterocycles. The van der Waals surface area contributed by atoms with Gasteiger partial charge in [-0.15, -0.1) is 0 Å². The summed E-state index contributed by atoms with van der Waals surface area (Å²) < 4.78 is 43.9. The van der Waals surface area contributed by atoms with Crippen molar-refractivity contribution in [2.45, 2.75) is 78.4 Å². The van der Waals surface area contributed by atoms with Crippen LogP contribution in [0.2, 0.25) is 0 Å². The number of halogens is 1. The molecule has 0 fully saturated rings. The van der Waals surface area contributed by atoms with E-state index in [1.54, 1.807) is 25.1 Å². The smallest absolute Gasteiger partial charge is 0.371 e. The van der Waals surface area contributed by atoms with Crippen LogP contribution in [-0.4, -0.2) is 49.9 Å². The number of aliphatic carboxylic acids is 1. The Morgan fingerprint density at radius 1 is 0.974 bits per heavy atom. The quantitative estimate of drug-likeness (QED) is 0.0868. The van der Waals surface area contributed by atoms with Gasteiger partial charge in [0.2, 0.25) is 11.5 Å². The zero-order chi connectivity index (χ0) is 27.8. The normalized spacial score (nSPS) is 17.6. The molecule has 1 aliphatic carbocycles. The zero-order valence-corrected chi connectivity index (χ0v) is 23.2. The van der Waals surface area contributed by atoms with Crippen LogP contribution in [0.5, 0.6) is 11.5 Å².